The van der Waals surface area contributed by atoms with Gasteiger partial charge in [0.25, 0.3) is 0 Å². The third-order valence-electron chi connectivity index (χ3n) is 7.91. The highest BCUT2D eigenvalue weighted by Gasteiger charge is 2.39. The number of rotatable bonds is 10. The second-order valence-electron chi connectivity index (χ2n) is 11.7. The molecule has 0 unspecified atom stereocenters. The minimum Gasteiger partial charge on any atom is -0.475 e. The quantitative estimate of drug-likeness (QED) is 0.236. The van der Waals surface area contributed by atoms with E-state index in [-0.39, 0.29) is 5.91 Å². The van der Waals surface area contributed by atoms with Crippen molar-refractivity contribution in [3.63, 3.8) is 0 Å². The van der Waals surface area contributed by atoms with Gasteiger partial charge in [-0.15, -0.1) is 0 Å². The fourth-order valence-electron chi connectivity index (χ4n) is 5.19. The fraction of sp³-hybridized carbons (Fsp3) is 0.625. The number of nitrogens with zero attached hydrogens (tertiary/aromatic N) is 4. The lowest BCUT2D eigenvalue weighted by molar-refractivity contribution is -0.193. The van der Waals surface area contributed by atoms with Crippen molar-refractivity contribution in [2.24, 2.45) is 5.92 Å². The number of carboxylic acids is 2. The third kappa shape index (κ3) is 14.6. The lowest BCUT2D eigenvalue weighted by Crippen LogP contribution is -2.50. The van der Waals surface area contributed by atoms with Gasteiger partial charge in [-0.3, -0.25) is 9.69 Å². The Morgan fingerprint density at radius 3 is 1.90 bits per heavy atom. The molecule has 10 nitrogen and oxygen atoms in total. The number of alkyl halides is 6. The molecular weight excluding hydrogens is 650 g/mol. The summed E-state index contributed by atoms with van der Waals surface area (Å²) in [6.07, 6.45) is -2.15. The zero-order chi connectivity index (χ0) is 35.9. The molecule has 1 aromatic carbocycles. The molecular formula is C32H44F6N4O6. The predicted molar refractivity (Wildman–Crippen MR) is 164 cm³/mol. The Hall–Kier alpha value is -3.66. The van der Waals surface area contributed by atoms with E-state index in [4.69, 9.17) is 29.2 Å². The molecule has 1 amide bonds. The van der Waals surface area contributed by atoms with E-state index in [9.17, 15) is 31.1 Å². The summed E-state index contributed by atoms with van der Waals surface area (Å²) in [5, 5.41) is 14.2. The van der Waals surface area contributed by atoms with Crippen molar-refractivity contribution in [3.05, 3.63) is 42.0 Å². The SMILES string of the molecule is CCCCCc1nc(-c2ccccc2)c(CCC(=O)N2CCN(CC3CCN(C)CC3)CC2)o1.O=C(O)C(F)(F)F.O=C(O)C(F)(F)F. The number of aromatic nitrogens is 1. The topological polar surface area (TPSA) is 127 Å². The van der Waals surface area contributed by atoms with E-state index in [1.54, 1.807) is 0 Å². The Bertz CT molecular complexity index is 1250. The Morgan fingerprint density at radius 1 is 0.854 bits per heavy atom. The number of carbonyl (C=O) groups excluding carboxylic acids is 1. The molecule has 270 valence electrons. The number of aliphatic carboxylic acids is 2. The zero-order valence-electron chi connectivity index (χ0n) is 27.2. The first-order valence-electron chi connectivity index (χ1n) is 15.8. The molecule has 0 spiro atoms. The van der Waals surface area contributed by atoms with Gasteiger partial charge in [-0.05, 0) is 45.3 Å². The number of unbranched alkanes of at least 4 members (excludes halogenated alkanes) is 2. The molecule has 2 aromatic rings. The molecule has 16 heteroatoms. The summed E-state index contributed by atoms with van der Waals surface area (Å²) < 4.78 is 69.6. The first kappa shape index (κ1) is 40.5. The van der Waals surface area contributed by atoms with E-state index >= 15 is 0 Å². The molecule has 3 heterocycles. The average molecular weight is 695 g/mol. The van der Waals surface area contributed by atoms with Crippen LogP contribution >= 0.6 is 0 Å². The summed E-state index contributed by atoms with van der Waals surface area (Å²) in [6.45, 7) is 9.51. The Labute approximate surface area is 275 Å². The van der Waals surface area contributed by atoms with Crippen molar-refractivity contribution in [2.75, 3.05) is 52.9 Å². The van der Waals surface area contributed by atoms with Crippen LogP contribution < -0.4 is 0 Å². The van der Waals surface area contributed by atoms with E-state index in [2.05, 4.69) is 35.9 Å². The minimum absolute atomic E-state index is 0.238. The van der Waals surface area contributed by atoms with Crippen molar-refractivity contribution in [1.82, 2.24) is 19.7 Å². The van der Waals surface area contributed by atoms with Gasteiger partial charge in [0.15, 0.2) is 5.89 Å². The van der Waals surface area contributed by atoms with E-state index in [0.717, 1.165) is 67.8 Å². The summed E-state index contributed by atoms with van der Waals surface area (Å²) >= 11 is 0. The maximum atomic E-state index is 13.0. The number of piperazine rings is 1. The van der Waals surface area contributed by atoms with Crippen LogP contribution in [0.3, 0.4) is 0 Å². The van der Waals surface area contributed by atoms with Gasteiger partial charge in [0.1, 0.15) is 11.5 Å². The van der Waals surface area contributed by atoms with Crippen molar-refractivity contribution < 1.29 is 55.4 Å². The summed E-state index contributed by atoms with van der Waals surface area (Å²) in [5.74, 6) is -2.81. The van der Waals surface area contributed by atoms with Crippen LogP contribution in [0.4, 0.5) is 26.3 Å². The van der Waals surface area contributed by atoms with Crippen LogP contribution in [0.2, 0.25) is 0 Å². The van der Waals surface area contributed by atoms with E-state index in [1.165, 1.54) is 45.3 Å². The monoisotopic (exact) mass is 694 g/mol. The molecule has 0 aliphatic carbocycles. The molecule has 0 radical (unpaired) electrons. The first-order valence-corrected chi connectivity index (χ1v) is 15.8. The molecule has 2 fully saturated rings. The van der Waals surface area contributed by atoms with Crippen LogP contribution in [0.25, 0.3) is 11.3 Å². The van der Waals surface area contributed by atoms with Crippen LogP contribution in [-0.2, 0) is 27.2 Å². The summed E-state index contributed by atoms with van der Waals surface area (Å²) in [5.41, 5.74) is 1.97. The lowest BCUT2D eigenvalue weighted by Gasteiger charge is -2.38. The van der Waals surface area contributed by atoms with Gasteiger partial charge in [-0.2, -0.15) is 26.3 Å². The van der Waals surface area contributed by atoms with Gasteiger partial charge in [-0.25, -0.2) is 14.6 Å². The fourth-order valence-corrected chi connectivity index (χ4v) is 5.19. The number of carbonyl (C=O) groups is 3. The highest BCUT2D eigenvalue weighted by atomic mass is 19.4. The molecule has 4 rings (SSSR count). The van der Waals surface area contributed by atoms with E-state index in [0.29, 0.717) is 12.8 Å². The smallest absolute Gasteiger partial charge is 0.475 e. The number of halogens is 6. The van der Waals surface area contributed by atoms with Crippen molar-refractivity contribution in [2.45, 2.75) is 70.6 Å². The number of hydrogen-bond acceptors (Lipinski definition) is 7. The van der Waals surface area contributed by atoms with Crippen LogP contribution in [0.15, 0.2) is 34.7 Å². The van der Waals surface area contributed by atoms with Gasteiger partial charge in [0.2, 0.25) is 5.91 Å². The highest BCUT2D eigenvalue weighted by Crippen LogP contribution is 2.26. The summed E-state index contributed by atoms with van der Waals surface area (Å²) in [4.78, 5) is 42.7. The zero-order valence-corrected chi connectivity index (χ0v) is 27.2. The van der Waals surface area contributed by atoms with E-state index < -0.39 is 24.3 Å². The molecule has 0 saturated carbocycles. The normalized spacial score (nSPS) is 16.4. The molecule has 2 aliphatic heterocycles. The lowest BCUT2D eigenvalue weighted by atomic mass is 9.96. The number of hydrogen-bond donors (Lipinski definition) is 2. The molecule has 0 atom stereocenters. The van der Waals surface area contributed by atoms with E-state index in [1.807, 2.05) is 23.1 Å². The Balaban J connectivity index is 0.000000479. The van der Waals surface area contributed by atoms with Crippen LogP contribution in [0.1, 0.15) is 57.1 Å². The summed E-state index contributed by atoms with van der Waals surface area (Å²) in [7, 11) is 2.22. The average Bonchev–Trinajstić information content (AvgIpc) is 3.44. The van der Waals surface area contributed by atoms with Gasteiger partial charge in [0, 0.05) is 57.5 Å². The highest BCUT2D eigenvalue weighted by molar-refractivity contribution is 5.77. The molecule has 1 aromatic heterocycles. The van der Waals surface area contributed by atoms with Crippen molar-refractivity contribution >= 4 is 17.8 Å². The number of likely N-dealkylation sites (tertiary alicyclic amines) is 1. The maximum absolute atomic E-state index is 13.0. The Kier molecular flexibility index (Phi) is 16.3. The maximum Gasteiger partial charge on any atom is 0.490 e. The number of carboxylic acid groups (broad SMARTS) is 2. The largest absolute Gasteiger partial charge is 0.490 e. The number of aryl methyl sites for hydroxylation is 2. The van der Waals surface area contributed by atoms with Crippen molar-refractivity contribution in [1.29, 1.82) is 0 Å². The predicted octanol–water partition coefficient (Wildman–Crippen LogP) is 5.76. The van der Waals surface area contributed by atoms with Gasteiger partial charge in [0.05, 0.1) is 0 Å². The van der Waals surface area contributed by atoms with Gasteiger partial charge >= 0.3 is 24.3 Å². The Morgan fingerprint density at radius 2 is 1.40 bits per heavy atom. The van der Waals surface area contributed by atoms with Crippen LogP contribution in [0, 0.1) is 5.92 Å². The van der Waals surface area contributed by atoms with Gasteiger partial charge < -0.3 is 24.4 Å². The molecule has 0 bridgehead atoms. The minimum atomic E-state index is -5.08. The molecule has 2 N–H and O–H groups in total. The standard InChI is InChI=1S/C28H42N4O2.2C2HF3O2/c1-3-4-6-11-26-29-28(24-9-7-5-8-10-24)25(34-26)12-13-27(33)32-20-18-31(19-21-32)22-23-14-16-30(2)17-15-23;2*3-2(4,5)1(6)7/h5,7-10,23H,3-4,6,11-22H2,1-2H3;2*(H,6,7). The first-order chi connectivity index (χ1) is 22.5. The third-order valence-corrected chi connectivity index (χ3v) is 7.91. The number of amides is 1. The van der Waals surface area contributed by atoms with Crippen molar-refractivity contribution in [3.8, 4) is 11.3 Å². The number of oxazole rings is 1. The number of benzene rings is 1. The summed E-state index contributed by atoms with van der Waals surface area (Å²) in [6, 6.07) is 10.2. The molecule has 2 saturated heterocycles. The van der Waals surface area contributed by atoms with Crippen LogP contribution in [-0.4, -0.2) is 113 Å². The molecule has 2 aliphatic rings. The van der Waals surface area contributed by atoms with Crippen LogP contribution in [0.5, 0.6) is 0 Å². The second-order valence-corrected chi connectivity index (χ2v) is 11.7. The van der Waals surface area contributed by atoms with Gasteiger partial charge in [-0.1, -0.05) is 50.1 Å². The second kappa shape index (κ2) is 19.4. The molecule has 48 heavy (non-hydrogen) atoms. The number of piperidine rings is 1.